The quantitative estimate of drug-likeness (QED) is 0.216. The van der Waals surface area contributed by atoms with Crippen LogP contribution in [0, 0.1) is 52.5 Å². The Bertz CT molecular complexity index is 2120. The van der Waals surface area contributed by atoms with Crippen molar-refractivity contribution in [3.8, 4) is 41.3 Å². The number of nitriles is 1. The van der Waals surface area contributed by atoms with Gasteiger partial charge in [0.2, 0.25) is 0 Å². The second-order valence-corrected chi connectivity index (χ2v) is 15.1. The van der Waals surface area contributed by atoms with Crippen molar-refractivity contribution in [3.63, 3.8) is 0 Å². The number of phenolic OH excluding ortho intramolecular Hbond substituents is 1. The maximum atomic E-state index is 17.0. The molecule has 3 aromatic carbocycles. The average molecular weight is 679 g/mol. The van der Waals surface area contributed by atoms with Crippen molar-refractivity contribution in [2.45, 2.75) is 75.5 Å². The van der Waals surface area contributed by atoms with E-state index in [9.17, 15) is 14.8 Å². The zero-order chi connectivity index (χ0) is 34.3. The summed E-state index contributed by atoms with van der Waals surface area (Å²) in [5.41, 5.74) is -0.885. The van der Waals surface area contributed by atoms with Gasteiger partial charge in [-0.1, -0.05) is 12.0 Å². The van der Waals surface area contributed by atoms with E-state index in [2.05, 4.69) is 32.1 Å². The SMILES string of the molecule is C#Cc1c(F)ccc2cc(O)cc(-c3c(F)cc4c(N5CC6CCC(C5)N6)nc(OCC5(CN6C7CCC6CC(C#N)C7)CC5)nc4c3F)c12. The summed E-state index contributed by atoms with van der Waals surface area (Å²) in [4.78, 5) is 14.0. The van der Waals surface area contributed by atoms with Gasteiger partial charge in [-0.2, -0.15) is 15.2 Å². The van der Waals surface area contributed by atoms with E-state index < -0.39 is 23.0 Å². The number of anilines is 1. The van der Waals surface area contributed by atoms with Crippen molar-refractivity contribution < 1.29 is 23.0 Å². The first-order valence-electron chi connectivity index (χ1n) is 17.6. The van der Waals surface area contributed by atoms with Crippen LogP contribution in [-0.4, -0.2) is 70.4 Å². The summed E-state index contributed by atoms with van der Waals surface area (Å²) in [5.74, 6) is 0.0253. The van der Waals surface area contributed by atoms with E-state index in [0.717, 1.165) is 57.9 Å². The van der Waals surface area contributed by atoms with Crippen molar-refractivity contribution in [2.24, 2.45) is 11.3 Å². The molecule has 4 saturated heterocycles. The molecule has 11 heteroatoms. The average Bonchev–Trinajstić information content (AvgIpc) is 3.74. The lowest BCUT2D eigenvalue weighted by molar-refractivity contribution is 0.0760. The summed E-state index contributed by atoms with van der Waals surface area (Å²) in [6, 6.07) is 10.2. The van der Waals surface area contributed by atoms with E-state index in [-0.39, 0.29) is 62.6 Å². The van der Waals surface area contributed by atoms with E-state index in [1.165, 1.54) is 30.3 Å². The number of nitrogens with one attached hydrogen (secondary N) is 1. The second-order valence-electron chi connectivity index (χ2n) is 15.1. The maximum absolute atomic E-state index is 17.0. The molecule has 5 heterocycles. The number of hydrogen-bond acceptors (Lipinski definition) is 8. The molecule has 1 aliphatic carbocycles. The van der Waals surface area contributed by atoms with Crippen molar-refractivity contribution in [1.29, 1.82) is 5.26 Å². The van der Waals surface area contributed by atoms with E-state index in [1.54, 1.807) is 0 Å². The highest BCUT2D eigenvalue weighted by molar-refractivity contribution is 6.04. The number of fused-ring (bicyclic) bond motifs is 6. The van der Waals surface area contributed by atoms with Gasteiger partial charge in [-0.3, -0.25) is 4.90 Å². The summed E-state index contributed by atoms with van der Waals surface area (Å²) in [7, 11) is 0. The third kappa shape index (κ3) is 5.21. The molecule has 256 valence electrons. The molecule has 4 atom stereocenters. The van der Waals surface area contributed by atoms with Crippen molar-refractivity contribution >= 4 is 27.5 Å². The smallest absolute Gasteiger partial charge is 0.319 e. The van der Waals surface area contributed by atoms with Gasteiger partial charge in [-0.25, -0.2) is 13.2 Å². The number of rotatable bonds is 7. The van der Waals surface area contributed by atoms with Crippen molar-refractivity contribution in [1.82, 2.24) is 20.2 Å². The molecule has 5 aliphatic rings. The van der Waals surface area contributed by atoms with Crippen LogP contribution in [0.1, 0.15) is 56.9 Å². The van der Waals surface area contributed by atoms with Crippen LogP contribution in [0.5, 0.6) is 11.8 Å². The van der Waals surface area contributed by atoms with Crippen LogP contribution in [0.2, 0.25) is 0 Å². The van der Waals surface area contributed by atoms with Gasteiger partial charge < -0.3 is 20.1 Å². The number of piperazine rings is 1. The number of aromatic hydroxyl groups is 1. The lowest BCUT2D eigenvalue weighted by Crippen LogP contribution is -2.51. The Morgan fingerprint density at radius 3 is 2.42 bits per heavy atom. The third-order valence-corrected chi connectivity index (χ3v) is 11.9. The molecule has 50 heavy (non-hydrogen) atoms. The Morgan fingerprint density at radius 2 is 1.74 bits per heavy atom. The van der Waals surface area contributed by atoms with Gasteiger partial charge in [0, 0.05) is 71.5 Å². The van der Waals surface area contributed by atoms with E-state index >= 15 is 8.78 Å². The normalized spacial score (nSPS) is 26.7. The molecule has 2 N–H and O–H groups in total. The monoisotopic (exact) mass is 678 g/mol. The van der Waals surface area contributed by atoms with E-state index in [0.29, 0.717) is 43.0 Å². The molecule has 5 fully saturated rings. The number of ether oxygens (including phenoxy) is 1. The molecule has 8 nitrogen and oxygen atoms in total. The minimum absolute atomic E-state index is 0.0170. The highest BCUT2D eigenvalue weighted by Gasteiger charge is 2.50. The molecule has 1 saturated carbocycles. The Hall–Kier alpha value is -4.58. The fraction of sp³-hybridized carbons (Fsp3) is 0.462. The van der Waals surface area contributed by atoms with Gasteiger partial charge in [0.25, 0.3) is 0 Å². The molecule has 0 amide bonds. The number of nitrogens with zero attached hydrogens (tertiary/aromatic N) is 5. The Labute approximate surface area is 288 Å². The highest BCUT2D eigenvalue weighted by atomic mass is 19.1. The molecule has 4 unspecified atom stereocenters. The number of benzene rings is 3. The van der Waals surface area contributed by atoms with Gasteiger partial charge in [-0.15, -0.1) is 6.42 Å². The third-order valence-electron chi connectivity index (χ3n) is 11.9. The topological polar surface area (TPSA) is 97.5 Å². The largest absolute Gasteiger partial charge is 0.508 e. The summed E-state index contributed by atoms with van der Waals surface area (Å²) in [6.07, 6.45) is 13.7. The zero-order valence-corrected chi connectivity index (χ0v) is 27.6. The molecule has 0 radical (unpaired) electrons. The van der Waals surface area contributed by atoms with Gasteiger partial charge in [0.05, 0.1) is 23.8 Å². The molecular weight excluding hydrogens is 641 g/mol. The van der Waals surface area contributed by atoms with Crippen LogP contribution >= 0.6 is 0 Å². The number of aromatic nitrogens is 2. The predicted molar refractivity (Wildman–Crippen MR) is 183 cm³/mol. The molecule has 9 rings (SSSR count). The first-order valence-corrected chi connectivity index (χ1v) is 17.6. The molecule has 4 aromatic rings. The van der Waals surface area contributed by atoms with Gasteiger partial charge in [-0.05, 0) is 81.0 Å². The fourth-order valence-electron chi connectivity index (χ4n) is 9.21. The Morgan fingerprint density at radius 1 is 1.00 bits per heavy atom. The van der Waals surface area contributed by atoms with Crippen LogP contribution in [-0.2, 0) is 0 Å². The molecular formula is C39H37F3N6O2. The van der Waals surface area contributed by atoms with Crippen molar-refractivity contribution in [2.75, 3.05) is 31.1 Å². The highest BCUT2D eigenvalue weighted by Crippen LogP contribution is 2.50. The number of hydrogen-bond donors (Lipinski definition) is 2. The Kier molecular flexibility index (Phi) is 7.38. The summed E-state index contributed by atoms with van der Waals surface area (Å²) < 4.78 is 54.6. The predicted octanol–water partition coefficient (Wildman–Crippen LogP) is 6.42. The summed E-state index contributed by atoms with van der Waals surface area (Å²) in [6.45, 7) is 2.49. The van der Waals surface area contributed by atoms with Crippen molar-refractivity contribution in [3.05, 3.63) is 53.3 Å². The lowest BCUT2D eigenvalue weighted by Gasteiger charge is -2.39. The second kappa shape index (κ2) is 11.8. The van der Waals surface area contributed by atoms with Crippen LogP contribution < -0.4 is 15.0 Å². The van der Waals surface area contributed by atoms with Gasteiger partial charge in [0.15, 0.2) is 5.82 Å². The number of halogens is 3. The number of piperidine rings is 1. The van der Waals surface area contributed by atoms with Crippen LogP contribution in [0.25, 0.3) is 32.8 Å². The standard InChI is InChI=1S/C39H37F3N6O2/c1-2-28-31(40)8-3-22-13-27(49)14-29(33(22)28)34-32(41)15-30-36(35(34)42)45-38(46-37(30)47-17-23-4-5-24(18-47)44-23)50-20-39(9-10-39)19-48-25-6-7-26(48)12-21(11-25)16-43/h1,3,8,13-15,21,23-26,44,49H,4-7,9-12,17-20H2. The number of phenols is 1. The maximum Gasteiger partial charge on any atom is 0.319 e. The van der Waals surface area contributed by atoms with E-state index in [1.807, 2.05) is 0 Å². The lowest BCUT2D eigenvalue weighted by atomic mass is 9.90. The molecule has 0 spiro atoms. The fourth-order valence-corrected chi connectivity index (χ4v) is 9.21. The summed E-state index contributed by atoms with van der Waals surface area (Å²) in [5, 5.41) is 24.4. The van der Waals surface area contributed by atoms with Gasteiger partial charge in [0.1, 0.15) is 28.7 Å². The Balaban J connectivity index is 1.12. The molecule has 4 aliphatic heterocycles. The number of terminal acetylenes is 1. The zero-order valence-electron chi connectivity index (χ0n) is 27.6. The van der Waals surface area contributed by atoms with Crippen LogP contribution in [0.3, 0.4) is 0 Å². The molecule has 1 aromatic heterocycles. The first kappa shape index (κ1) is 31.4. The molecule has 4 bridgehead atoms. The minimum Gasteiger partial charge on any atom is -0.508 e. The summed E-state index contributed by atoms with van der Waals surface area (Å²) >= 11 is 0. The van der Waals surface area contributed by atoms with Gasteiger partial charge >= 0.3 is 6.01 Å². The minimum atomic E-state index is -0.969. The first-order chi connectivity index (χ1) is 24.2. The van der Waals surface area contributed by atoms with E-state index in [4.69, 9.17) is 16.1 Å². The van der Waals surface area contributed by atoms with Crippen LogP contribution in [0.4, 0.5) is 19.0 Å². The van der Waals surface area contributed by atoms with Crippen LogP contribution in [0.15, 0.2) is 30.3 Å².